The molecule has 2 aromatic carbocycles. The highest BCUT2D eigenvalue weighted by molar-refractivity contribution is 7.10. The van der Waals surface area contributed by atoms with E-state index in [2.05, 4.69) is 0 Å². The normalized spacial score (nSPS) is 18.6. The molecule has 2 atom stereocenters. The van der Waals surface area contributed by atoms with Gasteiger partial charge in [0.15, 0.2) is 0 Å². The molecule has 0 bridgehead atoms. The molecule has 4 rings (SSSR count). The Balaban J connectivity index is 1.75. The molecular weight excluding hydrogens is 368 g/mol. The van der Waals surface area contributed by atoms with Crippen LogP contribution in [0, 0.1) is 0 Å². The van der Waals surface area contributed by atoms with E-state index < -0.39 is 5.92 Å². The van der Waals surface area contributed by atoms with Gasteiger partial charge in [0.25, 0.3) is 5.91 Å². The lowest BCUT2D eigenvalue weighted by molar-refractivity contribution is -0.133. The highest BCUT2D eigenvalue weighted by Gasteiger charge is 2.43. The van der Waals surface area contributed by atoms with Gasteiger partial charge in [-0.25, -0.2) is 0 Å². The van der Waals surface area contributed by atoms with Crippen LogP contribution in [0.25, 0.3) is 0 Å². The molecule has 5 heteroatoms. The second-order valence-corrected chi connectivity index (χ2v) is 8.10. The van der Waals surface area contributed by atoms with Crippen molar-refractivity contribution in [3.05, 3.63) is 93.7 Å². The fraction of sp³-hybridized carbons (Fsp3) is 0.217. The molecule has 1 aromatic heterocycles. The number of rotatable bonds is 4. The summed E-state index contributed by atoms with van der Waals surface area (Å²) in [6.07, 6.45) is 0. The minimum atomic E-state index is -0.425. The Morgan fingerprint density at radius 3 is 2.46 bits per heavy atom. The molecule has 0 fully saturated rings. The molecule has 2 heterocycles. The molecule has 0 aliphatic carbocycles. The van der Waals surface area contributed by atoms with Crippen LogP contribution < -0.4 is 0 Å². The Hall–Kier alpha value is -2.92. The van der Waals surface area contributed by atoms with Gasteiger partial charge in [-0.2, -0.15) is 0 Å². The van der Waals surface area contributed by atoms with E-state index in [0.717, 1.165) is 16.0 Å². The third kappa shape index (κ3) is 3.22. The number of thiophene rings is 1. The summed E-state index contributed by atoms with van der Waals surface area (Å²) in [6, 6.07) is 21.1. The number of hydrogen-bond acceptors (Lipinski definition) is 3. The molecule has 1 aliphatic heterocycles. The summed E-state index contributed by atoms with van der Waals surface area (Å²) in [5.74, 6) is -0.441. The fourth-order valence-electron chi connectivity index (χ4n) is 3.93. The van der Waals surface area contributed by atoms with Crippen molar-refractivity contribution in [2.45, 2.75) is 18.5 Å². The van der Waals surface area contributed by atoms with Crippen molar-refractivity contribution >= 4 is 23.2 Å². The van der Waals surface area contributed by atoms with Crippen molar-refractivity contribution < 1.29 is 9.59 Å². The van der Waals surface area contributed by atoms with Crippen molar-refractivity contribution in [2.24, 2.45) is 0 Å². The maximum atomic E-state index is 13.6. The van der Waals surface area contributed by atoms with Crippen LogP contribution in [-0.2, 0) is 11.3 Å². The molecule has 142 valence electrons. The SMILES string of the molecule is CN(Cc1ccccc1)C(=O)[C@H]1c2ccccc2C(=O)N(C)[C@H]1c1cccs1. The Morgan fingerprint density at radius 1 is 1.04 bits per heavy atom. The van der Waals surface area contributed by atoms with Crippen LogP contribution in [-0.4, -0.2) is 35.7 Å². The lowest BCUT2D eigenvalue weighted by Crippen LogP contribution is -2.45. The van der Waals surface area contributed by atoms with Crippen molar-refractivity contribution in [3.8, 4) is 0 Å². The van der Waals surface area contributed by atoms with E-state index in [4.69, 9.17) is 0 Å². The zero-order valence-electron chi connectivity index (χ0n) is 15.9. The maximum absolute atomic E-state index is 13.6. The van der Waals surface area contributed by atoms with Gasteiger partial charge in [0.05, 0.1) is 12.0 Å². The Kier molecular flexibility index (Phi) is 5.01. The maximum Gasteiger partial charge on any atom is 0.254 e. The molecular formula is C23H22N2O2S. The molecule has 0 saturated heterocycles. The van der Waals surface area contributed by atoms with Crippen molar-refractivity contribution in [2.75, 3.05) is 14.1 Å². The Labute approximate surface area is 169 Å². The number of carbonyl (C=O) groups excluding carboxylic acids is 2. The quantitative estimate of drug-likeness (QED) is 0.666. The standard InChI is InChI=1S/C23H22N2O2S/c1-24(15-16-9-4-3-5-10-16)23(27)20-17-11-6-7-12-18(17)22(26)25(2)21(20)19-13-8-14-28-19/h3-14,20-21H,15H2,1-2H3/t20-,21-/m0/s1. The highest BCUT2D eigenvalue weighted by Crippen LogP contribution is 2.44. The molecule has 0 saturated carbocycles. The molecule has 4 nitrogen and oxygen atoms in total. The third-order valence-corrected chi connectivity index (χ3v) is 6.26. The summed E-state index contributed by atoms with van der Waals surface area (Å²) < 4.78 is 0. The average molecular weight is 391 g/mol. The average Bonchev–Trinajstić information content (AvgIpc) is 3.25. The van der Waals surface area contributed by atoms with Crippen molar-refractivity contribution in [3.63, 3.8) is 0 Å². The second-order valence-electron chi connectivity index (χ2n) is 7.12. The third-order valence-electron chi connectivity index (χ3n) is 5.32. The summed E-state index contributed by atoms with van der Waals surface area (Å²) in [7, 11) is 3.62. The zero-order chi connectivity index (χ0) is 19.7. The molecule has 0 spiro atoms. The Morgan fingerprint density at radius 2 is 1.75 bits per heavy atom. The first-order chi connectivity index (χ1) is 13.6. The van der Waals surface area contributed by atoms with E-state index in [1.165, 1.54) is 0 Å². The number of nitrogens with zero attached hydrogens (tertiary/aromatic N) is 2. The van der Waals surface area contributed by atoms with Gasteiger partial charge in [0.2, 0.25) is 5.91 Å². The van der Waals surface area contributed by atoms with Gasteiger partial charge in [-0.1, -0.05) is 54.6 Å². The van der Waals surface area contributed by atoms with Gasteiger partial charge in [-0.15, -0.1) is 11.3 Å². The highest BCUT2D eigenvalue weighted by atomic mass is 32.1. The first-order valence-electron chi connectivity index (χ1n) is 9.26. The van der Waals surface area contributed by atoms with Crippen LogP contribution in [0.4, 0.5) is 0 Å². The minimum Gasteiger partial charge on any atom is -0.341 e. The molecule has 28 heavy (non-hydrogen) atoms. The summed E-state index contributed by atoms with van der Waals surface area (Å²) in [6.45, 7) is 0.535. The second kappa shape index (κ2) is 7.60. The van der Waals surface area contributed by atoms with Crippen LogP contribution in [0.5, 0.6) is 0 Å². The Bertz CT molecular complexity index is 985. The van der Waals surface area contributed by atoms with Crippen LogP contribution in [0.15, 0.2) is 72.1 Å². The largest absolute Gasteiger partial charge is 0.341 e. The molecule has 0 unspecified atom stereocenters. The van der Waals surface area contributed by atoms with Crippen LogP contribution in [0.1, 0.15) is 38.3 Å². The van der Waals surface area contributed by atoms with E-state index in [0.29, 0.717) is 12.1 Å². The van der Waals surface area contributed by atoms with E-state index in [1.54, 1.807) is 28.2 Å². The lowest BCUT2D eigenvalue weighted by Gasteiger charge is -2.40. The van der Waals surface area contributed by atoms with Gasteiger partial charge in [-0.05, 0) is 28.6 Å². The molecule has 3 aromatic rings. The van der Waals surface area contributed by atoms with Gasteiger partial charge >= 0.3 is 0 Å². The molecule has 0 radical (unpaired) electrons. The summed E-state index contributed by atoms with van der Waals surface area (Å²) in [5.41, 5.74) is 2.51. The first kappa shape index (κ1) is 18.4. The first-order valence-corrected chi connectivity index (χ1v) is 10.1. The number of amides is 2. The minimum absolute atomic E-state index is 0.0223. The fourth-order valence-corrected chi connectivity index (χ4v) is 4.83. The predicted molar refractivity (Wildman–Crippen MR) is 111 cm³/mol. The topological polar surface area (TPSA) is 40.6 Å². The lowest BCUT2D eigenvalue weighted by atomic mass is 9.81. The van der Waals surface area contributed by atoms with E-state index in [1.807, 2.05) is 79.2 Å². The number of likely N-dealkylation sites (N-methyl/N-ethyl adjacent to an activating group) is 2. The number of fused-ring (bicyclic) bond motifs is 1. The zero-order valence-corrected chi connectivity index (χ0v) is 16.7. The van der Waals surface area contributed by atoms with Gasteiger partial charge in [-0.3, -0.25) is 9.59 Å². The van der Waals surface area contributed by atoms with Crippen LogP contribution in [0.2, 0.25) is 0 Å². The van der Waals surface area contributed by atoms with Crippen LogP contribution in [0.3, 0.4) is 0 Å². The number of carbonyl (C=O) groups is 2. The smallest absolute Gasteiger partial charge is 0.254 e. The monoisotopic (exact) mass is 390 g/mol. The summed E-state index contributed by atoms with van der Waals surface area (Å²) in [5, 5.41) is 1.99. The number of hydrogen-bond donors (Lipinski definition) is 0. The number of benzene rings is 2. The van der Waals surface area contributed by atoms with E-state index in [-0.39, 0.29) is 17.9 Å². The van der Waals surface area contributed by atoms with Crippen molar-refractivity contribution in [1.29, 1.82) is 0 Å². The summed E-state index contributed by atoms with van der Waals surface area (Å²) >= 11 is 1.58. The van der Waals surface area contributed by atoms with Crippen LogP contribution >= 0.6 is 11.3 Å². The van der Waals surface area contributed by atoms with Gasteiger partial charge in [0.1, 0.15) is 0 Å². The summed E-state index contributed by atoms with van der Waals surface area (Å²) in [4.78, 5) is 31.1. The molecule has 0 N–H and O–H groups in total. The molecule has 1 aliphatic rings. The predicted octanol–water partition coefficient (Wildman–Crippen LogP) is 4.32. The van der Waals surface area contributed by atoms with E-state index in [9.17, 15) is 9.59 Å². The molecule has 2 amide bonds. The van der Waals surface area contributed by atoms with Gasteiger partial charge < -0.3 is 9.80 Å². The van der Waals surface area contributed by atoms with Crippen molar-refractivity contribution in [1.82, 2.24) is 9.80 Å². The van der Waals surface area contributed by atoms with Gasteiger partial charge in [0, 0.05) is 31.1 Å². The van der Waals surface area contributed by atoms with E-state index >= 15 is 0 Å².